The third-order valence-electron chi connectivity index (χ3n) is 11.5. The number of fused-ring (bicyclic) bond motifs is 9. The number of rotatable bonds is 5. The number of para-hydroxylation sites is 4. The molecule has 1 aliphatic heterocycles. The lowest BCUT2D eigenvalue weighted by Crippen LogP contribution is -2.45. The molecule has 0 amide bonds. The Morgan fingerprint density at radius 2 is 1.09 bits per heavy atom. The molecule has 2 N–H and O–H groups in total. The van der Waals surface area contributed by atoms with Gasteiger partial charge in [0.25, 0.3) is 0 Å². The first-order valence-electron chi connectivity index (χ1n) is 19.4. The summed E-state index contributed by atoms with van der Waals surface area (Å²) < 4.78 is 16.0. The van der Waals surface area contributed by atoms with Gasteiger partial charge in [0.2, 0.25) is 0 Å². The van der Waals surface area contributed by atoms with Gasteiger partial charge in [-0.05, 0) is 59.2 Å². The fourth-order valence-electron chi connectivity index (χ4n) is 8.90. The van der Waals surface area contributed by atoms with Crippen LogP contribution in [0.25, 0.3) is 82.5 Å². The maximum Gasteiger partial charge on any atom is 0.146 e. The van der Waals surface area contributed by atoms with Gasteiger partial charge in [0.15, 0.2) is 0 Å². The van der Waals surface area contributed by atoms with Crippen LogP contribution in [-0.2, 0) is 0 Å². The van der Waals surface area contributed by atoms with Crippen LogP contribution in [0, 0.1) is 0 Å². The van der Waals surface area contributed by atoms with Gasteiger partial charge in [-0.25, -0.2) is 4.99 Å². The van der Waals surface area contributed by atoms with E-state index in [1.807, 2.05) is 12.1 Å². The molecule has 0 spiro atoms. The standard InChI is InChI=1S/C51H34N4O2/c1-3-14-31(15-4-1)49-52-50(32-16-5-2-6-17-32)54-51(53-49)40-23-12-21-38-37-29-28-33(30-45(37)57-48(38)40)34-20-11-22-39-46-43(26-13-27-44(46)56-47(34)39)55-41-24-9-7-18-35(41)36-19-8-10-25-42(36)55/h1-30,49-50,52H,(H,53,54). The molecule has 2 unspecified atom stereocenters. The van der Waals surface area contributed by atoms with Crippen LogP contribution < -0.4 is 10.6 Å². The summed E-state index contributed by atoms with van der Waals surface area (Å²) in [6.45, 7) is 0. The minimum atomic E-state index is -0.237. The van der Waals surface area contributed by atoms with Gasteiger partial charge < -0.3 is 18.7 Å². The number of hydrogen-bond donors (Lipinski definition) is 2. The third-order valence-corrected chi connectivity index (χ3v) is 11.5. The first kappa shape index (κ1) is 31.9. The number of nitrogens with one attached hydrogen (secondary N) is 2. The van der Waals surface area contributed by atoms with Crippen LogP contribution in [0.4, 0.5) is 0 Å². The Hall–Kier alpha value is -7.41. The summed E-state index contributed by atoms with van der Waals surface area (Å²) >= 11 is 0. The molecule has 11 aromatic rings. The molecule has 3 aromatic heterocycles. The van der Waals surface area contributed by atoms with Crippen LogP contribution in [0.2, 0.25) is 0 Å². The predicted molar refractivity (Wildman–Crippen MR) is 232 cm³/mol. The van der Waals surface area contributed by atoms with Gasteiger partial charge in [-0.1, -0.05) is 140 Å². The molecule has 0 fully saturated rings. The summed E-state index contributed by atoms with van der Waals surface area (Å²) in [6.07, 6.45) is -0.381. The molecule has 0 aliphatic carbocycles. The van der Waals surface area contributed by atoms with Crippen LogP contribution in [0.3, 0.4) is 0 Å². The minimum absolute atomic E-state index is 0.144. The monoisotopic (exact) mass is 734 g/mol. The second kappa shape index (κ2) is 12.6. The van der Waals surface area contributed by atoms with Crippen molar-refractivity contribution in [1.82, 2.24) is 15.2 Å². The first-order chi connectivity index (χ1) is 28.3. The molecule has 0 saturated carbocycles. The maximum atomic E-state index is 6.83. The predicted octanol–water partition coefficient (Wildman–Crippen LogP) is 12.6. The molecule has 0 saturated heterocycles. The second-order valence-corrected chi connectivity index (χ2v) is 14.7. The van der Waals surface area contributed by atoms with Gasteiger partial charge in [-0.15, -0.1) is 0 Å². The summed E-state index contributed by atoms with van der Waals surface area (Å²) in [4.78, 5) is 5.22. The molecule has 4 heterocycles. The molecule has 1 aliphatic rings. The van der Waals surface area contributed by atoms with E-state index >= 15 is 0 Å². The van der Waals surface area contributed by atoms with Crippen molar-refractivity contribution in [1.29, 1.82) is 0 Å². The fourth-order valence-corrected chi connectivity index (χ4v) is 8.90. The Morgan fingerprint density at radius 1 is 0.474 bits per heavy atom. The maximum absolute atomic E-state index is 6.83. The lowest BCUT2D eigenvalue weighted by atomic mass is 10.00. The Kier molecular flexibility index (Phi) is 7.03. The van der Waals surface area contributed by atoms with E-state index in [4.69, 9.17) is 13.8 Å². The molecular formula is C51H34N4O2. The Balaban J connectivity index is 0.995. The van der Waals surface area contributed by atoms with Gasteiger partial charge in [0.1, 0.15) is 40.5 Å². The molecule has 270 valence electrons. The number of nitrogens with zero attached hydrogens (tertiary/aromatic N) is 2. The minimum Gasteiger partial charge on any atom is -0.455 e. The van der Waals surface area contributed by atoms with Gasteiger partial charge in [-0.2, -0.15) is 0 Å². The number of aromatic nitrogens is 1. The normalized spacial score (nSPS) is 15.9. The second-order valence-electron chi connectivity index (χ2n) is 14.7. The summed E-state index contributed by atoms with van der Waals surface area (Å²) in [5.41, 5.74) is 11.9. The molecule has 6 nitrogen and oxygen atoms in total. The van der Waals surface area contributed by atoms with Gasteiger partial charge >= 0.3 is 0 Å². The van der Waals surface area contributed by atoms with E-state index in [0.717, 1.165) is 83.2 Å². The van der Waals surface area contributed by atoms with Crippen molar-refractivity contribution in [2.24, 2.45) is 4.99 Å². The zero-order valence-electron chi connectivity index (χ0n) is 30.7. The fraction of sp³-hybridized carbons (Fsp3) is 0.0392. The average molecular weight is 735 g/mol. The number of furan rings is 2. The lowest BCUT2D eigenvalue weighted by Gasteiger charge is -2.32. The van der Waals surface area contributed by atoms with Crippen LogP contribution in [0.1, 0.15) is 29.0 Å². The number of benzene rings is 8. The Bertz CT molecular complexity index is 3320. The van der Waals surface area contributed by atoms with E-state index in [-0.39, 0.29) is 12.3 Å². The van der Waals surface area contributed by atoms with Crippen molar-refractivity contribution in [3.05, 3.63) is 199 Å². The van der Waals surface area contributed by atoms with Gasteiger partial charge in [0, 0.05) is 32.5 Å². The smallest absolute Gasteiger partial charge is 0.146 e. The first-order valence-corrected chi connectivity index (χ1v) is 19.4. The van der Waals surface area contributed by atoms with Crippen molar-refractivity contribution in [3.8, 4) is 16.8 Å². The van der Waals surface area contributed by atoms with Crippen molar-refractivity contribution < 1.29 is 8.83 Å². The van der Waals surface area contributed by atoms with Crippen LogP contribution in [0.15, 0.2) is 196 Å². The highest BCUT2D eigenvalue weighted by molar-refractivity contribution is 6.18. The lowest BCUT2D eigenvalue weighted by molar-refractivity contribution is 0.409. The SMILES string of the molecule is c1ccc(C2N=C(c3cccc4c3oc3cc(-c5cccc6c5oc5cccc(-n7c8ccccc8c8ccccc87)c56)ccc34)NC(c3ccccc3)N2)cc1. The molecule has 2 atom stereocenters. The van der Waals surface area contributed by atoms with E-state index in [2.05, 4.69) is 185 Å². The van der Waals surface area contributed by atoms with E-state index in [1.165, 1.54) is 21.8 Å². The third kappa shape index (κ3) is 4.98. The zero-order valence-corrected chi connectivity index (χ0v) is 30.7. The van der Waals surface area contributed by atoms with Gasteiger partial charge in [0.05, 0.1) is 27.7 Å². The number of hydrogen-bond acceptors (Lipinski definition) is 5. The molecule has 0 radical (unpaired) electrons. The highest BCUT2D eigenvalue weighted by Gasteiger charge is 2.27. The van der Waals surface area contributed by atoms with Crippen molar-refractivity contribution >= 4 is 71.5 Å². The Labute approximate surface area is 327 Å². The van der Waals surface area contributed by atoms with Crippen LogP contribution >= 0.6 is 0 Å². The summed E-state index contributed by atoms with van der Waals surface area (Å²) in [7, 11) is 0. The van der Waals surface area contributed by atoms with Crippen LogP contribution in [-0.4, -0.2) is 10.4 Å². The van der Waals surface area contributed by atoms with E-state index in [1.54, 1.807) is 0 Å². The molecule has 0 bridgehead atoms. The summed E-state index contributed by atoms with van der Waals surface area (Å²) in [5, 5.41) is 14.1. The van der Waals surface area contributed by atoms with Crippen molar-refractivity contribution in [3.63, 3.8) is 0 Å². The number of aliphatic imine (C=N–C) groups is 1. The highest BCUT2D eigenvalue weighted by Crippen LogP contribution is 2.42. The van der Waals surface area contributed by atoms with E-state index in [9.17, 15) is 0 Å². The summed E-state index contributed by atoms with van der Waals surface area (Å²) in [5.74, 6) is 0.785. The average Bonchev–Trinajstić information content (AvgIpc) is 3.96. The van der Waals surface area contributed by atoms with E-state index < -0.39 is 0 Å². The quantitative estimate of drug-likeness (QED) is 0.185. The van der Waals surface area contributed by atoms with Crippen molar-refractivity contribution in [2.45, 2.75) is 12.3 Å². The largest absolute Gasteiger partial charge is 0.455 e. The summed E-state index contributed by atoms with van der Waals surface area (Å²) in [6, 6.07) is 63.7. The molecule has 6 heteroatoms. The highest BCUT2D eigenvalue weighted by atomic mass is 16.3. The molecule has 8 aromatic carbocycles. The van der Waals surface area contributed by atoms with Crippen LogP contribution in [0.5, 0.6) is 0 Å². The number of amidine groups is 1. The molecule has 12 rings (SSSR count). The molecule has 57 heavy (non-hydrogen) atoms. The van der Waals surface area contributed by atoms with Gasteiger partial charge in [-0.3, -0.25) is 5.32 Å². The zero-order chi connectivity index (χ0) is 37.5. The van der Waals surface area contributed by atoms with Crippen molar-refractivity contribution in [2.75, 3.05) is 0 Å². The Morgan fingerprint density at radius 3 is 1.86 bits per heavy atom. The topological polar surface area (TPSA) is 67.6 Å². The van der Waals surface area contributed by atoms with E-state index in [0.29, 0.717) is 0 Å². The molecular weight excluding hydrogens is 701 g/mol.